The summed E-state index contributed by atoms with van der Waals surface area (Å²) in [4.78, 5) is 57.9. The monoisotopic (exact) mass is 744 g/mol. The molecule has 0 radical (unpaired) electrons. The summed E-state index contributed by atoms with van der Waals surface area (Å²) in [7, 11) is 0. The van der Waals surface area contributed by atoms with E-state index in [1.54, 1.807) is 9.80 Å². The van der Waals surface area contributed by atoms with Crippen LogP contribution in [0.1, 0.15) is 107 Å². The van der Waals surface area contributed by atoms with Gasteiger partial charge in [0.2, 0.25) is 11.8 Å². The molecule has 8 rings (SSSR count). The third kappa shape index (κ3) is 8.01. The van der Waals surface area contributed by atoms with Crippen molar-refractivity contribution in [3.05, 3.63) is 143 Å². The lowest BCUT2D eigenvalue weighted by molar-refractivity contribution is -0.120. The predicted molar refractivity (Wildman–Crippen MR) is 224 cm³/mol. The highest BCUT2D eigenvalue weighted by molar-refractivity contribution is 6.05. The van der Waals surface area contributed by atoms with Crippen molar-refractivity contribution >= 4 is 58.3 Å². The Balaban J connectivity index is 0.849. The van der Waals surface area contributed by atoms with Crippen molar-refractivity contribution in [2.24, 2.45) is 0 Å². The predicted octanol–water partition coefficient (Wildman–Crippen LogP) is 9.48. The van der Waals surface area contributed by atoms with Gasteiger partial charge in [-0.2, -0.15) is 0 Å². The normalized spacial score (nSPS) is 19.3. The largest absolute Gasteiger partial charge is 0.327 e. The maximum absolute atomic E-state index is 13.7. The van der Waals surface area contributed by atoms with Crippen molar-refractivity contribution in [3.8, 4) is 0 Å². The number of hydrogen-bond donors (Lipinski definition) is 2. The zero-order valence-electron chi connectivity index (χ0n) is 31.7. The minimum atomic E-state index is -0.512. The second-order valence-electron chi connectivity index (χ2n) is 15.2. The Kier molecular flexibility index (Phi) is 11.1. The Labute approximate surface area is 329 Å². The molecule has 2 heterocycles. The number of hydrogen-bond acceptors (Lipinski definition) is 4. The maximum atomic E-state index is 13.7. The van der Waals surface area contributed by atoms with Crippen LogP contribution in [0, 0.1) is 0 Å². The van der Waals surface area contributed by atoms with Crippen LogP contribution in [0.3, 0.4) is 0 Å². The molecule has 284 valence electrons. The molecule has 8 heteroatoms. The van der Waals surface area contributed by atoms with Gasteiger partial charge in [0.15, 0.2) is 0 Å². The quantitative estimate of drug-likeness (QED) is 0.158. The molecule has 0 unspecified atom stereocenters. The summed E-state index contributed by atoms with van der Waals surface area (Å²) < 4.78 is 0. The average Bonchev–Trinajstić information content (AvgIpc) is 4.09. The summed E-state index contributed by atoms with van der Waals surface area (Å²) in [5.74, 6) is -0.496. The van der Waals surface area contributed by atoms with Crippen LogP contribution < -0.4 is 10.6 Å². The van der Waals surface area contributed by atoms with E-state index < -0.39 is 12.1 Å². The molecule has 56 heavy (non-hydrogen) atoms. The number of likely N-dealkylation sites (tertiary alicyclic amines) is 2. The minimum absolute atomic E-state index is 0.0799. The van der Waals surface area contributed by atoms with Crippen LogP contribution in [-0.4, -0.2) is 58.6 Å². The summed E-state index contributed by atoms with van der Waals surface area (Å²) in [5.41, 5.74) is 9.07. The van der Waals surface area contributed by atoms with Gasteiger partial charge >= 0.3 is 0 Å². The van der Waals surface area contributed by atoms with E-state index in [2.05, 4.69) is 22.8 Å². The number of nitrogens with zero attached hydrogens (tertiary/aromatic N) is 2. The molecule has 4 amide bonds. The van der Waals surface area contributed by atoms with Crippen LogP contribution in [-0.2, 0) is 9.59 Å². The van der Waals surface area contributed by atoms with Gasteiger partial charge in [-0.05, 0) is 134 Å². The second-order valence-corrected chi connectivity index (χ2v) is 15.2. The number of benzene rings is 4. The van der Waals surface area contributed by atoms with E-state index in [9.17, 15) is 19.2 Å². The molecule has 2 fully saturated rings. The average molecular weight is 745 g/mol. The highest BCUT2D eigenvalue weighted by atomic mass is 16.2. The van der Waals surface area contributed by atoms with Crippen molar-refractivity contribution in [3.63, 3.8) is 0 Å². The van der Waals surface area contributed by atoms with E-state index >= 15 is 0 Å². The zero-order valence-corrected chi connectivity index (χ0v) is 31.7. The second kappa shape index (κ2) is 16.8. The van der Waals surface area contributed by atoms with Crippen LogP contribution >= 0.6 is 0 Å². The molecule has 0 aromatic heterocycles. The molecule has 2 aliphatic carbocycles. The minimum Gasteiger partial charge on any atom is -0.327 e. The van der Waals surface area contributed by atoms with E-state index in [-0.39, 0.29) is 23.6 Å². The topological polar surface area (TPSA) is 98.8 Å². The summed E-state index contributed by atoms with van der Waals surface area (Å²) in [6.07, 6.45) is 17.5. The molecular weight excluding hydrogens is 697 g/mol. The molecule has 2 atom stereocenters. The fraction of sp³-hybridized carbons (Fsp3) is 0.292. The van der Waals surface area contributed by atoms with Gasteiger partial charge in [-0.3, -0.25) is 19.2 Å². The Morgan fingerprint density at radius 2 is 0.929 bits per heavy atom. The Morgan fingerprint density at radius 3 is 1.32 bits per heavy atom. The number of amides is 4. The number of anilines is 2. The molecule has 0 saturated carbocycles. The van der Waals surface area contributed by atoms with Gasteiger partial charge in [0.1, 0.15) is 12.1 Å². The molecule has 2 N–H and O–H groups in total. The number of allylic oxidation sites excluding steroid dienone is 4. The molecule has 0 bridgehead atoms. The van der Waals surface area contributed by atoms with Crippen molar-refractivity contribution in [1.82, 2.24) is 9.80 Å². The van der Waals surface area contributed by atoms with Gasteiger partial charge in [-0.15, -0.1) is 0 Å². The molecule has 8 nitrogen and oxygen atoms in total. The van der Waals surface area contributed by atoms with E-state index in [4.69, 9.17) is 0 Å². The first-order valence-corrected chi connectivity index (χ1v) is 20.1. The molecule has 2 saturated heterocycles. The molecule has 2 aliphatic heterocycles. The van der Waals surface area contributed by atoms with Crippen molar-refractivity contribution in [2.45, 2.75) is 76.3 Å². The van der Waals surface area contributed by atoms with Gasteiger partial charge in [0.25, 0.3) is 11.8 Å². The third-order valence-electron chi connectivity index (χ3n) is 11.5. The first kappa shape index (κ1) is 36.9. The summed E-state index contributed by atoms with van der Waals surface area (Å²) in [6, 6.07) is 29.8. The number of rotatable bonds is 10. The van der Waals surface area contributed by atoms with Crippen molar-refractivity contribution in [1.29, 1.82) is 0 Å². The number of carbonyl (C=O) groups is 4. The molecular formula is C48H48N4O4. The summed E-state index contributed by atoms with van der Waals surface area (Å²) in [5, 5.41) is 6.07. The highest BCUT2D eigenvalue weighted by Crippen LogP contribution is 2.33. The van der Waals surface area contributed by atoms with Gasteiger partial charge in [-0.1, -0.05) is 85.0 Å². The Bertz CT molecular complexity index is 2060. The Hall–Kier alpha value is -6.02. The van der Waals surface area contributed by atoms with Crippen LogP contribution in [0.2, 0.25) is 0 Å². The fourth-order valence-electron chi connectivity index (χ4n) is 8.60. The van der Waals surface area contributed by atoms with Crippen LogP contribution in [0.15, 0.2) is 109 Å². The fourth-order valence-corrected chi connectivity index (χ4v) is 8.60. The van der Waals surface area contributed by atoms with Gasteiger partial charge in [-0.25, -0.2) is 0 Å². The SMILES string of the molecule is O=C(Nc1ccc(C=Cc2ccc(NC(=O)[C@@H]3CCCN3C(=O)c3ccccc3C3=CCCC3)cc2)cc1)[C@@H]1CCCN1C(=O)c1ccccc1C1=CCCC1. The lowest BCUT2D eigenvalue weighted by atomic mass is 9.98. The Morgan fingerprint density at radius 1 is 0.518 bits per heavy atom. The van der Waals surface area contributed by atoms with Crippen LogP contribution in [0.5, 0.6) is 0 Å². The molecule has 4 aromatic rings. The number of nitrogens with one attached hydrogen (secondary N) is 2. The van der Waals surface area contributed by atoms with E-state index in [1.165, 1.54) is 11.1 Å². The molecule has 0 spiro atoms. The van der Waals surface area contributed by atoms with Crippen molar-refractivity contribution < 1.29 is 19.2 Å². The molecule has 4 aromatic carbocycles. The smallest absolute Gasteiger partial charge is 0.255 e. The van der Waals surface area contributed by atoms with Crippen molar-refractivity contribution in [2.75, 3.05) is 23.7 Å². The van der Waals surface area contributed by atoms with E-state index in [1.807, 2.05) is 109 Å². The van der Waals surface area contributed by atoms with Crippen LogP contribution in [0.4, 0.5) is 11.4 Å². The first-order valence-electron chi connectivity index (χ1n) is 20.1. The van der Waals surface area contributed by atoms with Gasteiger partial charge in [0.05, 0.1) is 0 Å². The van der Waals surface area contributed by atoms with Crippen LogP contribution in [0.25, 0.3) is 23.3 Å². The van der Waals surface area contributed by atoms with E-state index in [0.717, 1.165) is 73.6 Å². The lowest BCUT2D eigenvalue weighted by Gasteiger charge is -2.25. The maximum Gasteiger partial charge on any atom is 0.255 e. The van der Waals surface area contributed by atoms with E-state index in [0.29, 0.717) is 48.4 Å². The number of carbonyl (C=O) groups excluding carboxylic acids is 4. The third-order valence-corrected chi connectivity index (χ3v) is 11.5. The lowest BCUT2D eigenvalue weighted by Crippen LogP contribution is -2.43. The standard InChI is InChI=1S/C48H48N4O4/c53-45(43-19-9-31-51(43)47(55)41-17-7-5-15-39(41)35-11-1-2-12-35)49-37-27-23-33(24-28-37)21-22-34-25-29-38(30-26-34)50-46(54)44-20-10-32-52(44)48(56)42-18-8-6-16-40(42)36-13-3-4-14-36/h5-8,11,13,15-18,21-30,43-44H,1-4,9-10,12,14,19-20,31-32H2,(H,49,53)(H,50,54)/t43-,44-/m0/s1. The highest BCUT2D eigenvalue weighted by Gasteiger charge is 2.37. The first-order chi connectivity index (χ1) is 27.4. The summed E-state index contributed by atoms with van der Waals surface area (Å²) >= 11 is 0. The van der Waals surface area contributed by atoms with Gasteiger partial charge in [0, 0.05) is 35.6 Å². The summed E-state index contributed by atoms with van der Waals surface area (Å²) in [6.45, 7) is 1.13. The molecule has 4 aliphatic rings. The zero-order chi connectivity index (χ0) is 38.4. The van der Waals surface area contributed by atoms with Gasteiger partial charge < -0.3 is 20.4 Å².